The molecule has 4 nitrogen and oxygen atoms in total. The Morgan fingerprint density at radius 1 is 1.47 bits per heavy atom. The zero-order valence-electron chi connectivity index (χ0n) is 10.9. The van der Waals surface area contributed by atoms with Crippen LogP contribution in [0.3, 0.4) is 0 Å². The van der Waals surface area contributed by atoms with Crippen molar-refractivity contribution in [2.24, 2.45) is 0 Å². The minimum atomic E-state index is -0.0942. The molecule has 0 aromatic heterocycles. The van der Waals surface area contributed by atoms with Crippen LogP contribution in [0.2, 0.25) is 0 Å². The number of hydrogen-bond donors (Lipinski definition) is 1. The van der Waals surface area contributed by atoms with Gasteiger partial charge < -0.3 is 14.7 Å². The average Bonchev–Trinajstić information content (AvgIpc) is 2.32. The first-order valence-electron chi connectivity index (χ1n) is 6.78. The zero-order chi connectivity index (χ0) is 12.5. The van der Waals surface area contributed by atoms with Crippen LogP contribution in [0.1, 0.15) is 45.4 Å². The van der Waals surface area contributed by atoms with Gasteiger partial charge in [0.05, 0.1) is 6.61 Å². The Morgan fingerprint density at radius 2 is 2.29 bits per heavy atom. The van der Waals surface area contributed by atoms with E-state index in [2.05, 4.69) is 4.90 Å². The van der Waals surface area contributed by atoms with E-state index < -0.39 is 0 Å². The minimum Gasteiger partial charge on any atom is -0.466 e. The lowest BCUT2D eigenvalue weighted by molar-refractivity contribution is -0.143. The summed E-state index contributed by atoms with van der Waals surface area (Å²) in [6, 6.07) is 0.510. The van der Waals surface area contributed by atoms with Gasteiger partial charge in [-0.1, -0.05) is 6.42 Å². The summed E-state index contributed by atoms with van der Waals surface area (Å²) in [6.45, 7) is 4.62. The van der Waals surface area contributed by atoms with Crippen LogP contribution in [0.15, 0.2) is 0 Å². The summed E-state index contributed by atoms with van der Waals surface area (Å²) < 4.78 is 4.91. The Kier molecular flexibility index (Phi) is 7.21. The topological polar surface area (TPSA) is 49.8 Å². The third-order valence-corrected chi connectivity index (χ3v) is 3.34. The molecule has 0 spiro atoms. The lowest BCUT2D eigenvalue weighted by Gasteiger charge is -2.35. The molecule has 0 bridgehead atoms. The number of carbonyl (C=O) groups excluding carboxylic acids is 1. The number of aliphatic hydroxyl groups excluding tert-OH is 1. The number of piperidine rings is 1. The highest BCUT2D eigenvalue weighted by molar-refractivity contribution is 5.69. The van der Waals surface area contributed by atoms with Gasteiger partial charge in [-0.2, -0.15) is 0 Å². The minimum absolute atomic E-state index is 0.0942. The summed E-state index contributed by atoms with van der Waals surface area (Å²) in [5, 5.41) is 9.02. The molecule has 1 saturated heterocycles. The molecule has 1 N–H and O–H groups in total. The van der Waals surface area contributed by atoms with Crippen LogP contribution in [-0.4, -0.2) is 48.3 Å². The first kappa shape index (κ1) is 14.5. The molecular formula is C13H25NO3. The number of ether oxygens (including phenoxy) is 1. The Balaban J connectivity index is 2.21. The number of rotatable bonds is 7. The van der Waals surface area contributed by atoms with Gasteiger partial charge in [0.15, 0.2) is 0 Å². The van der Waals surface area contributed by atoms with Gasteiger partial charge in [0.2, 0.25) is 0 Å². The molecule has 0 radical (unpaired) electrons. The van der Waals surface area contributed by atoms with Gasteiger partial charge in [0, 0.05) is 19.1 Å². The van der Waals surface area contributed by atoms with E-state index in [9.17, 15) is 4.79 Å². The van der Waals surface area contributed by atoms with Crippen molar-refractivity contribution in [1.29, 1.82) is 0 Å². The van der Waals surface area contributed by atoms with Crippen LogP contribution in [0, 0.1) is 0 Å². The van der Waals surface area contributed by atoms with E-state index in [1.54, 1.807) is 0 Å². The van der Waals surface area contributed by atoms with Gasteiger partial charge in [0.1, 0.15) is 0 Å². The Hall–Kier alpha value is -0.610. The van der Waals surface area contributed by atoms with Crippen molar-refractivity contribution in [3.63, 3.8) is 0 Å². The van der Waals surface area contributed by atoms with E-state index >= 15 is 0 Å². The molecule has 0 aromatic carbocycles. The molecule has 0 aromatic rings. The van der Waals surface area contributed by atoms with Crippen molar-refractivity contribution < 1.29 is 14.6 Å². The van der Waals surface area contributed by atoms with Crippen LogP contribution >= 0.6 is 0 Å². The maximum Gasteiger partial charge on any atom is 0.305 e. The van der Waals surface area contributed by atoms with Crippen LogP contribution in [0.5, 0.6) is 0 Å². The normalized spacial score (nSPS) is 21.4. The van der Waals surface area contributed by atoms with Crippen LogP contribution in [-0.2, 0) is 9.53 Å². The van der Waals surface area contributed by atoms with E-state index in [0.717, 1.165) is 25.9 Å². The fourth-order valence-electron chi connectivity index (χ4n) is 2.49. The molecule has 1 rings (SSSR count). The Morgan fingerprint density at radius 3 is 3.00 bits per heavy atom. The summed E-state index contributed by atoms with van der Waals surface area (Å²) in [6.07, 6.45) is 5.91. The van der Waals surface area contributed by atoms with Crippen LogP contribution < -0.4 is 0 Å². The average molecular weight is 243 g/mol. The fourth-order valence-corrected chi connectivity index (χ4v) is 2.49. The number of esters is 1. The molecule has 100 valence electrons. The zero-order valence-corrected chi connectivity index (χ0v) is 10.9. The Labute approximate surface area is 104 Å². The fraction of sp³-hybridized carbons (Fsp3) is 0.923. The molecule has 0 aliphatic carbocycles. The van der Waals surface area contributed by atoms with Crippen molar-refractivity contribution in [2.75, 3.05) is 26.3 Å². The predicted molar refractivity (Wildman–Crippen MR) is 66.8 cm³/mol. The van der Waals surface area contributed by atoms with Crippen LogP contribution in [0.25, 0.3) is 0 Å². The SMILES string of the molecule is CCOC(=O)CCCN1CCCCC1CCO. The first-order valence-corrected chi connectivity index (χ1v) is 6.78. The van der Waals surface area contributed by atoms with Gasteiger partial charge in [-0.3, -0.25) is 4.79 Å². The highest BCUT2D eigenvalue weighted by Gasteiger charge is 2.21. The van der Waals surface area contributed by atoms with E-state index in [1.165, 1.54) is 19.3 Å². The summed E-state index contributed by atoms with van der Waals surface area (Å²) in [4.78, 5) is 13.6. The lowest BCUT2D eigenvalue weighted by Crippen LogP contribution is -2.40. The van der Waals surface area contributed by atoms with E-state index in [0.29, 0.717) is 19.1 Å². The second kappa shape index (κ2) is 8.48. The molecular weight excluding hydrogens is 218 g/mol. The molecule has 0 amide bonds. The summed E-state index contributed by atoms with van der Waals surface area (Å²) in [7, 11) is 0. The quantitative estimate of drug-likeness (QED) is 0.690. The predicted octanol–water partition coefficient (Wildman–Crippen LogP) is 1.57. The van der Waals surface area contributed by atoms with Crippen LogP contribution in [0.4, 0.5) is 0 Å². The second-order valence-electron chi connectivity index (χ2n) is 4.61. The van der Waals surface area contributed by atoms with E-state index in [4.69, 9.17) is 9.84 Å². The highest BCUT2D eigenvalue weighted by Crippen LogP contribution is 2.19. The van der Waals surface area contributed by atoms with Gasteiger partial charge >= 0.3 is 5.97 Å². The highest BCUT2D eigenvalue weighted by atomic mass is 16.5. The maximum absolute atomic E-state index is 11.2. The summed E-state index contributed by atoms with van der Waals surface area (Å²) in [5.74, 6) is -0.0942. The largest absolute Gasteiger partial charge is 0.466 e. The maximum atomic E-state index is 11.2. The molecule has 4 heteroatoms. The smallest absolute Gasteiger partial charge is 0.305 e. The van der Waals surface area contributed by atoms with E-state index in [-0.39, 0.29) is 12.6 Å². The summed E-state index contributed by atoms with van der Waals surface area (Å²) in [5.41, 5.74) is 0. The van der Waals surface area contributed by atoms with Crippen molar-refractivity contribution in [3.8, 4) is 0 Å². The van der Waals surface area contributed by atoms with Gasteiger partial charge in [-0.15, -0.1) is 0 Å². The molecule has 0 saturated carbocycles. The summed E-state index contributed by atoms with van der Waals surface area (Å²) >= 11 is 0. The monoisotopic (exact) mass is 243 g/mol. The van der Waals surface area contributed by atoms with Crippen molar-refractivity contribution in [2.45, 2.75) is 51.5 Å². The van der Waals surface area contributed by atoms with Gasteiger partial charge in [-0.05, 0) is 45.7 Å². The number of carbonyl (C=O) groups is 1. The number of nitrogens with zero attached hydrogens (tertiary/aromatic N) is 1. The molecule has 1 atom stereocenters. The molecule has 1 aliphatic rings. The van der Waals surface area contributed by atoms with Crippen molar-refractivity contribution in [3.05, 3.63) is 0 Å². The first-order chi connectivity index (χ1) is 8.27. The number of likely N-dealkylation sites (tertiary alicyclic amines) is 1. The van der Waals surface area contributed by atoms with Crippen molar-refractivity contribution in [1.82, 2.24) is 4.90 Å². The van der Waals surface area contributed by atoms with Gasteiger partial charge in [0.25, 0.3) is 0 Å². The molecule has 1 heterocycles. The van der Waals surface area contributed by atoms with E-state index in [1.807, 2.05) is 6.92 Å². The molecule has 17 heavy (non-hydrogen) atoms. The van der Waals surface area contributed by atoms with Gasteiger partial charge in [-0.25, -0.2) is 0 Å². The lowest BCUT2D eigenvalue weighted by atomic mass is 9.99. The number of hydrogen-bond acceptors (Lipinski definition) is 4. The molecule has 1 aliphatic heterocycles. The third-order valence-electron chi connectivity index (χ3n) is 3.34. The standard InChI is InChI=1S/C13H25NO3/c1-2-17-13(16)7-5-10-14-9-4-3-6-12(14)8-11-15/h12,15H,2-11H2,1H3. The second-order valence-corrected chi connectivity index (χ2v) is 4.61. The Bertz CT molecular complexity index is 219. The van der Waals surface area contributed by atoms with Crippen molar-refractivity contribution >= 4 is 5.97 Å². The number of aliphatic hydroxyl groups is 1. The molecule has 1 fully saturated rings. The molecule has 1 unspecified atom stereocenters. The third kappa shape index (κ3) is 5.50.